The smallest absolute Gasteiger partial charge is 0.150 e. The molecule has 25 heavy (non-hydrogen) atoms. The van der Waals surface area contributed by atoms with E-state index in [4.69, 9.17) is 0 Å². The van der Waals surface area contributed by atoms with Gasteiger partial charge in [-0.25, -0.2) is 8.42 Å². The van der Waals surface area contributed by atoms with Crippen molar-refractivity contribution in [2.75, 3.05) is 11.5 Å². The third-order valence-electron chi connectivity index (χ3n) is 5.51. The van der Waals surface area contributed by atoms with Gasteiger partial charge in [-0.3, -0.25) is 4.68 Å². The minimum atomic E-state index is -2.84. The monoisotopic (exact) mass is 357 g/mol. The molecule has 4 rings (SSSR count). The molecule has 1 aromatic carbocycles. The fourth-order valence-electron chi connectivity index (χ4n) is 4.03. The first kappa shape index (κ1) is 16.4. The summed E-state index contributed by atoms with van der Waals surface area (Å²) in [4.78, 5) is 3.35. The topological polar surface area (TPSA) is 67.8 Å². The van der Waals surface area contributed by atoms with Crippen molar-refractivity contribution in [1.82, 2.24) is 14.8 Å². The molecule has 1 fully saturated rings. The second kappa shape index (κ2) is 5.73. The second-order valence-electron chi connectivity index (χ2n) is 7.10. The summed E-state index contributed by atoms with van der Waals surface area (Å²) in [5.74, 6) is 0.902. The molecule has 132 valence electrons. The molecule has 3 aromatic rings. The zero-order chi connectivity index (χ0) is 17.8. The van der Waals surface area contributed by atoms with Crippen molar-refractivity contribution in [3.05, 3.63) is 41.3 Å². The molecular formula is C19H23N3O2S. The van der Waals surface area contributed by atoms with Crippen LogP contribution in [-0.4, -0.2) is 34.7 Å². The van der Waals surface area contributed by atoms with Gasteiger partial charge in [0.15, 0.2) is 0 Å². The van der Waals surface area contributed by atoms with Crippen LogP contribution in [0.3, 0.4) is 0 Å². The third kappa shape index (κ3) is 2.78. The van der Waals surface area contributed by atoms with Crippen LogP contribution < -0.4 is 0 Å². The van der Waals surface area contributed by atoms with Crippen LogP contribution >= 0.6 is 0 Å². The first-order chi connectivity index (χ1) is 11.9. The highest BCUT2D eigenvalue weighted by atomic mass is 32.2. The summed E-state index contributed by atoms with van der Waals surface area (Å²) in [5.41, 5.74) is 6.87. The average Bonchev–Trinajstić information content (AvgIpc) is 3.08. The molecule has 0 spiro atoms. The Balaban J connectivity index is 1.78. The maximum Gasteiger partial charge on any atom is 0.150 e. The summed E-state index contributed by atoms with van der Waals surface area (Å²) in [6.07, 6.45) is 3.48. The van der Waals surface area contributed by atoms with E-state index >= 15 is 0 Å². The van der Waals surface area contributed by atoms with E-state index < -0.39 is 9.84 Å². The Kier molecular flexibility index (Phi) is 3.76. The molecule has 1 aliphatic rings. The van der Waals surface area contributed by atoms with E-state index in [1.807, 2.05) is 18.7 Å². The summed E-state index contributed by atoms with van der Waals surface area (Å²) < 4.78 is 25.4. The normalized spacial score (nSPS) is 18.0. The molecule has 0 saturated carbocycles. The molecule has 1 N–H and O–H groups in total. The number of aromatic nitrogens is 3. The molecule has 5 nitrogen and oxygen atoms in total. The second-order valence-corrected chi connectivity index (χ2v) is 9.40. The number of sulfone groups is 1. The molecule has 1 aliphatic heterocycles. The van der Waals surface area contributed by atoms with Crippen molar-refractivity contribution < 1.29 is 8.42 Å². The number of H-pyrrole nitrogens is 1. The summed E-state index contributed by atoms with van der Waals surface area (Å²) in [6.45, 7) is 4.13. The standard InChI is InChI=1S/C19H23N3O2S/c1-12-19(13(2)22(3)21-12)15-4-5-18-16(10-15)17(11-20-18)14-6-8-25(23,24)9-7-14/h4-5,10-11,14,20H,6-9H2,1-3H3. The number of nitrogens with zero attached hydrogens (tertiary/aromatic N) is 2. The van der Waals surface area contributed by atoms with Gasteiger partial charge >= 0.3 is 0 Å². The highest BCUT2D eigenvalue weighted by molar-refractivity contribution is 7.91. The molecule has 0 radical (unpaired) electrons. The van der Waals surface area contributed by atoms with Gasteiger partial charge in [-0.15, -0.1) is 0 Å². The zero-order valence-corrected chi connectivity index (χ0v) is 15.7. The Bertz CT molecular complexity index is 1050. The van der Waals surface area contributed by atoms with Crippen molar-refractivity contribution in [1.29, 1.82) is 0 Å². The molecule has 6 heteroatoms. The first-order valence-corrected chi connectivity index (χ1v) is 10.5. The maximum absolute atomic E-state index is 11.7. The lowest BCUT2D eigenvalue weighted by molar-refractivity contribution is 0.551. The number of aromatic amines is 1. The van der Waals surface area contributed by atoms with Crippen molar-refractivity contribution in [3.8, 4) is 11.1 Å². The van der Waals surface area contributed by atoms with Crippen molar-refractivity contribution >= 4 is 20.7 Å². The molecule has 3 heterocycles. The summed E-state index contributed by atoms with van der Waals surface area (Å²) in [7, 11) is -0.874. The van der Waals surface area contributed by atoms with E-state index in [0.29, 0.717) is 30.3 Å². The number of fused-ring (bicyclic) bond motifs is 1. The zero-order valence-electron chi connectivity index (χ0n) is 14.8. The van der Waals surface area contributed by atoms with Crippen molar-refractivity contribution in [2.24, 2.45) is 7.05 Å². The number of benzene rings is 1. The molecule has 0 unspecified atom stereocenters. The average molecular weight is 357 g/mol. The lowest BCUT2D eigenvalue weighted by atomic mass is 9.92. The Morgan fingerprint density at radius 3 is 2.56 bits per heavy atom. The van der Waals surface area contributed by atoms with E-state index in [0.717, 1.165) is 16.9 Å². The molecule has 1 saturated heterocycles. The van der Waals surface area contributed by atoms with Crippen LogP contribution in [0.4, 0.5) is 0 Å². The van der Waals surface area contributed by atoms with Gasteiger partial charge in [0.25, 0.3) is 0 Å². The fraction of sp³-hybridized carbons (Fsp3) is 0.421. The van der Waals surface area contributed by atoms with Crippen molar-refractivity contribution in [2.45, 2.75) is 32.6 Å². The van der Waals surface area contributed by atoms with Crippen LogP contribution in [0.5, 0.6) is 0 Å². The van der Waals surface area contributed by atoms with Crippen LogP contribution in [-0.2, 0) is 16.9 Å². The highest BCUT2D eigenvalue weighted by Gasteiger charge is 2.26. The number of hydrogen-bond donors (Lipinski definition) is 1. The predicted molar refractivity (Wildman–Crippen MR) is 101 cm³/mol. The summed E-state index contributed by atoms with van der Waals surface area (Å²) in [6, 6.07) is 6.46. The Hall–Kier alpha value is -2.08. The lowest BCUT2D eigenvalue weighted by Gasteiger charge is -2.21. The minimum Gasteiger partial charge on any atom is -0.361 e. The Labute approximate surface area is 148 Å². The lowest BCUT2D eigenvalue weighted by Crippen LogP contribution is -2.21. The fourth-order valence-corrected chi connectivity index (χ4v) is 5.52. The summed E-state index contributed by atoms with van der Waals surface area (Å²) >= 11 is 0. The molecule has 2 aromatic heterocycles. The van der Waals surface area contributed by atoms with Gasteiger partial charge in [-0.1, -0.05) is 6.07 Å². The number of rotatable bonds is 2. The van der Waals surface area contributed by atoms with Crippen LogP contribution in [0, 0.1) is 13.8 Å². The maximum atomic E-state index is 11.7. The molecule has 0 atom stereocenters. The van der Waals surface area contributed by atoms with Crippen LogP contribution in [0.2, 0.25) is 0 Å². The molecule has 0 amide bonds. The van der Waals surface area contributed by atoms with Gasteiger partial charge in [-0.05, 0) is 55.9 Å². The van der Waals surface area contributed by atoms with Crippen LogP contribution in [0.25, 0.3) is 22.0 Å². The largest absolute Gasteiger partial charge is 0.361 e. The minimum absolute atomic E-state index is 0.296. The van der Waals surface area contributed by atoms with Crippen LogP contribution in [0.15, 0.2) is 24.4 Å². The molecular weight excluding hydrogens is 334 g/mol. The molecule has 0 bridgehead atoms. The third-order valence-corrected chi connectivity index (χ3v) is 7.22. The number of nitrogens with one attached hydrogen (secondary N) is 1. The predicted octanol–water partition coefficient (Wildman–Crippen LogP) is 3.48. The van der Waals surface area contributed by atoms with Crippen molar-refractivity contribution in [3.63, 3.8) is 0 Å². The van der Waals surface area contributed by atoms with Gasteiger partial charge in [0.1, 0.15) is 9.84 Å². The van der Waals surface area contributed by atoms with E-state index in [2.05, 4.69) is 41.4 Å². The number of hydrogen-bond acceptors (Lipinski definition) is 3. The van der Waals surface area contributed by atoms with Crippen LogP contribution in [0.1, 0.15) is 35.7 Å². The van der Waals surface area contributed by atoms with Gasteiger partial charge in [-0.2, -0.15) is 5.10 Å². The van der Waals surface area contributed by atoms with Gasteiger partial charge in [0, 0.05) is 35.4 Å². The quantitative estimate of drug-likeness (QED) is 0.763. The van der Waals surface area contributed by atoms with E-state index in [-0.39, 0.29) is 0 Å². The van der Waals surface area contributed by atoms with E-state index in [1.54, 1.807) is 0 Å². The highest BCUT2D eigenvalue weighted by Crippen LogP contribution is 2.36. The van der Waals surface area contributed by atoms with Gasteiger partial charge in [0.2, 0.25) is 0 Å². The Morgan fingerprint density at radius 1 is 1.20 bits per heavy atom. The number of aryl methyl sites for hydroxylation is 2. The molecule has 0 aliphatic carbocycles. The van der Waals surface area contributed by atoms with Gasteiger partial charge < -0.3 is 4.98 Å². The van der Waals surface area contributed by atoms with Gasteiger partial charge in [0.05, 0.1) is 17.2 Å². The van der Waals surface area contributed by atoms with E-state index in [9.17, 15) is 8.42 Å². The summed E-state index contributed by atoms with van der Waals surface area (Å²) in [5, 5.41) is 5.72. The van der Waals surface area contributed by atoms with E-state index in [1.165, 1.54) is 22.1 Å². The first-order valence-electron chi connectivity index (χ1n) is 8.68. The SMILES string of the molecule is Cc1nn(C)c(C)c1-c1ccc2[nH]cc(C3CCS(=O)(=O)CC3)c2c1. The Morgan fingerprint density at radius 2 is 1.92 bits per heavy atom.